The van der Waals surface area contributed by atoms with Gasteiger partial charge < -0.3 is 10.6 Å². The summed E-state index contributed by atoms with van der Waals surface area (Å²) in [6.45, 7) is 5.35. The number of benzene rings is 2. The van der Waals surface area contributed by atoms with Crippen LogP contribution in [-0.2, 0) is 4.79 Å². The van der Waals surface area contributed by atoms with Crippen molar-refractivity contribution in [1.29, 1.82) is 0 Å². The molecule has 0 aliphatic carbocycles. The van der Waals surface area contributed by atoms with Crippen LogP contribution in [-0.4, -0.2) is 38.1 Å². The van der Waals surface area contributed by atoms with Gasteiger partial charge in [0.25, 0.3) is 22.7 Å². The van der Waals surface area contributed by atoms with E-state index in [9.17, 15) is 45.3 Å². The number of nitro groups is 4. The Morgan fingerprint density at radius 1 is 0.784 bits per heavy atom. The molecule has 0 unspecified atom stereocenters. The van der Waals surface area contributed by atoms with E-state index in [1.807, 2.05) is 0 Å². The van der Waals surface area contributed by atoms with E-state index >= 15 is 0 Å². The fraction of sp³-hybridized carbons (Fsp3) is 0.409. The molecule has 0 aromatic heterocycles. The number of hydrogen-bond donors (Lipinski definition) is 2. The maximum atomic E-state index is 13.0. The number of nitrogens with one attached hydrogen (secondary N) is 2. The monoisotopic (exact) mass is 518 g/mol. The molecule has 1 atom stereocenters. The normalized spacial score (nSPS) is 11.9. The zero-order valence-electron chi connectivity index (χ0n) is 20.3. The highest BCUT2D eigenvalue weighted by Gasteiger charge is 2.31. The summed E-state index contributed by atoms with van der Waals surface area (Å²) in [7, 11) is 0. The highest BCUT2D eigenvalue weighted by molar-refractivity contribution is 5.91. The highest BCUT2D eigenvalue weighted by Crippen LogP contribution is 2.32. The SMILES string of the molecule is CC(C)(C)C(=O)[C@H](CCCCNc1ccc([N+](=O)[O-])cc1[N+](=O)[O-])Nc1ccc([N+](=O)[O-])cc1[N+](=O)[O-]. The van der Waals surface area contributed by atoms with Crippen molar-refractivity contribution in [3.8, 4) is 0 Å². The molecule has 0 saturated heterocycles. The molecule has 0 radical (unpaired) electrons. The standard InChI is InChI=1S/C22H26N6O9/c1-22(2,3)21(29)18(24-17-10-8-15(26(32)33)13-20(17)28(36)37)6-4-5-11-23-16-9-7-14(25(30)31)12-19(16)27(34)35/h7-10,12-13,18,23-24H,4-6,11H2,1-3H3/t18-/m0/s1. The predicted molar refractivity (Wildman–Crippen MR) is 134 cm³/mol. The molecule has 15 nitrogen and oxygen atoms in total. The Morgan fingerprint density at radius 3 is 1.73 bits per heavy atom. The Morgan fingerprint density at radius 2 is 1.27 bits per heavy atom. The number of anilines is 2. The van der Waals surface area contributed by atoms with Gasteiger partial charge >= 0.3 is 0 Å². The van der Waals surface area contributed by atoms with Crippen LogP contribution in [0.4, 0.5) is 34.1 Å². The van der Waals surface area contributed by atoms with Crippen LogP contribution in [0.25, 0.3) is 0 Å². The molecule has 15 heteroatoms. The van der Waals surface area contributed by atoms with Gasteiger partial charge in [-0.1, -0.05) is 20.8 Å². The molecule has 0 spiro atoms. The average molecular weight is 518 g/mol. The number of Topliss-reactive ketones (excluding diaryl/α,β-unsaturated/α-hetero) is 1. The third-order valence-electron chi connectivity index (χ3n) is 5.40. The number of non-ortho nitro benzene ring substituents is 2. The van der Waals surface area contributed by atoms with E-state index in [-0.39, 0.29) is 30.1 Å². The van der Waals surface area contributed by atoms with E-state index in [1.54, 1.807) is 20.8 Å². The second-order valence-corrected chi connectivity index (χ2v) is 9.17. The molecule has 198 valence electrons. The average Bonchev–Trinajstić information content (AvgIpc) is 2.81. The fourth-order valence-electron chi connectivity index (χ4n) is 3.52. The van der Waals surface area contributed by atoms with E-state index in [0.29, 0.717) is 12.8 Å². The van der Waals surface area contributed by atoms with Crippen LogP contribution in [0.5, 0.6) is 0 Å². The molecule has 0 aliphatic rings. The minimum absolute atomic E-state index is 0.0298. The molecular weight excluding hydrogens is 492 g/mol. The van der Waals surface area contributed by atoms with Gasteiger partial charge in [0.05, 0.1) is 37.9 Å². The molecular formula is C22H26N6O9. The number of nitrogens with zero attached hydrogens (tertiary/aromatic N) is 4. The molecule has 0 aliphatic heterocycles. The van der Waals surface area contributed by atoms with Crippen molar-refractivity contribution < 1.29 is 24.5 Å². The van der Waals surface area contributed by atoms with Crippen LogP contribution < -0.4 is 10.6 Å². The van der Waals surface area contributed by atoms with E-state index in [2.05, 4.69) is 10.6 Å². The molecule has 2 aromatic rings. The number of rotatable bonds is 13. The lowest BCUT2D eigenvalue weighted by molar-refractivity contribution is -0.393. The molecule has 2 aromatic carbocycles. The van der Waals surface area contributed by atoms with Crippen LogP contribution in [0.3, 0.4) is 0 Å². The number of ketones is 1. The lowest BCUT2D eigenvalue weighted by Crippen LogP contribution is -2.38. The Bertz CT molecular complexity index is 1230. The van der Waals surface area contributed by atoms with Crippen molar-refractivity contribution in [2.75, 3.05) is 17.2 Å². The molecule has 2 N–H and O–H groups in total. The smallest absolute Gasteiger partial charge is 0.299 e. The van der Waals surface area contributed by atoms with Gasteiger partial charge in [-0.15, -0.1) is 0 Å². The third kappa shape index (κ3) is 7.65. The predicted octanol–water partition coefficient (Wildman–Crippen LogP) is 5.00. The summed E-state index contributed by atoms with van der Waals surface area (Å²) in [5, 5.41) is 50.3. The number of hydrogen-bond acceptors (Lipinski definition) is 11. The number of unbranched alkanes of at least 4 members (excludes halogenated alkanes) is 1. The van der Waals surface area contributed by atoms with Gasteiger partial charge in [0, 0.05) is 24.1 Å². The Labute approximate surface area is 210 Å². The molecule has 0 saturated carbocycles. The summed E-state index contributed by atoms with van der Waals surface area (Å²) in [5.41, 5.74) is -2.55. The quantitative estimate of drug-likeness (QED) is 0.204. The molecule has 0 amide bonds. The number of carbonyl (C=O) groups excluding carboxylic acids is 1. The summed E-state index contributed by atoms with van der Waals surface area (Å²) < 4.78 is 0. The summed E-state index contributed by atoms with van der Waals surface area (Å²) in [5.74, 6) is -0.223. The first-order chi connectivity index (χ1) is 17.2. The molecule has 2 rings (SSSR count). The van der Waals surface area contributed by atoms with Crippen LogP contribution >= 0.6 is 0 Å². The lowest BCUT2D eigenvalue weighted by Gasteiger charge is -2.26. The van der Waals surface area contributed by atoms with Crippen molar-refractivity contribution in [2.45, 2.75) is 46.1 Å². The minimum atomic E-state index is -0.839. The molecule has 0 fully saturated rings. The summed E-state index contributed by atoms with van der Waals surface area (Å²) in [4.78, 5) is 54.7. The Kier molecular flexibility index (Phi) is 9.13. The molecule has 37 heavy (non-hydrogen) atoms. The van der Waals surface area contributed by atoms with Gasteiger partial charge in [0.1, 0.15) is 11.4 Å². The third-order valence-corrected chi connectivity index (χ3v) is 5.40. The number of carbonyl (C=O) groups is 1. The number of nitro benzene ring substituents is 4. The van der Waals surface area contributed by atoms with Crippen LogP contribution in [0.2, 0.25) is 0 Å². The van der Waals surface area contributed by atoms with Gasteiger partial charge in [-0.05, 0) is 31.4 Å². The second kappa shape index (κ2) is 11.8. The summed E-state index contributed by atoms with van der Waals surface area (Å²) in [6.07, 6.45) is 1.15. The zero-order valence-corrected chi connectivity index (χ0v) is 20.3. The highest BCUT2D eigenvalue weighted by atomic mass is 16.6. The van der Waals surface area contributed by atoms with Crippen molar-refractivity contribution in [2.24, 2.45) is 5.41 Å². The van der Waals surface area contributed by atoms with E-state index in [1.165, 1.54) is 12.1 Å². The largest absolute Gasteiger partial charge is 0.379 e. The van der Waals surface area contributed by atoms with Gasteiger partial charge in [-0.3, -0.25) is 45.3 Å². The first kappa shape index (κ1) is 28.5. The summed E-state index contributed by atoms with van der Waals surface area (Å²) >= 11 is 0. The molecule has 0 bridgehead atoms. The maximum absolute atomic E-state index is 13.0. The van der Waals surface area contributed by atoms with E-state index < -0.39 is 53.9 Å². The Balaban J connectivity index is 2.12. The zero-order chi connectivity index (χ0) is 27.9. The van der Waals surface area contributed by atoms with Crippen LogP contribution in [0.1, 0.15) is 40.0 Å². The van der Waals surface area contributed by atoms with Gasteiger partial charge in [-0.25, -0.2) is 0 Å². The van der Waals surface area contributed by atoms with Crippen molar-refractivity contribution in [1.82, 2.24) is 0 Å². The Hall–Kier alpha value is -4.69. The minimum Gasteiger partial charge on any atom is -0.379 e. The van der Waals surface area contributed by atoms with Gasteiger partial charge in [-0.2, -0.15) is 0 Å². The van der Waals surface area contributed by atoms with Crippen molar-refractivity contribution in [3.05, 3.63) is 76.9 Å². The maximum Gasteiger partial charge on any atom is 0.299 e. The lowest BCUT2D eigenvalue weighted by atomic mass is 9.84. The first-order valence-corrected chi connectivity index (χ1v) is 11.1. The van der Waals surface area contributed by atoms with E-state index in [4.69, 9.17) is 0 Å². The molecule has 0 heterocycles. The second-order valence-electron chi connectivity index (χ2n) is 9.17. The van der Waals surface area contributed by atoms with Gasteiger partial charge in [0.15, 0.2) is 5.78 Å². The first-order valence-electron chi connectivity index (χ1n) is 11.1. The summed E-state index contributed by atoms with van der Waals surface area (Å²) in [6, 6.07) is 5.53. The van der Waals surface area contributed by atoms with Crippen molar-refractivity contribution in [3.63, 3.8) is 0 Å². The fourth-order valence-corrected chi connectivity index (χ4v) is 3.52. The topological polar surface area (TPSA) is 214 Å². The van der Waals surface area contributed by atoms with Crippen molar-refractivity contribution >= 4 is 39.9 Å². The van der Waals surface area contributed by atoms with Gasteiger partial charge in [0.2, 0.25) is 0 Å². The van der Waals surface area contributed by atoms with E-state index in [0.717, 1.165) is 24.3 Å². The van der Waals surface area contributed by atoms with Crippen LogP contribution in [0.15, 0.2) is 36.4 Å². The van der Waals surface area contributed by atoms with Crippen LogP contribution in [0, 0.1) is 45.9 Å².